The van der Waals surface area contributed by atoms with Gasteiger partial charge in [-0.2, -0.15) is 0 Å². The third kappa shape index (κ3) is 6.02. The smallest absolute Gasteiger partial charge is 0.166 e. The quantitative estimate of drug-likeness (QED) is 0.161. The van der Waals surface area contributed by atoms with Crippen LogP contribution in [0.2, 0.25) is 0 Å². The van der Waals surface area contributed by atoms with Crippen molar-refractivity contribution in [3.05, 3.63) is 224 Å². The molecule has 12 rings (SSSR count). The Kier molecular flexibility index (Phi) is 8.49. The Labute approximate surface area is 359 Å². The Morgan fingerprint density at radius 1 is 0.355 bits per heavy atom. The van der Waals surface area contributed by atoms with Crippen LogP contribution in [0.15, 0.2) is 212 Å². The van der Waals surface area contributed by atoms with Gasteiger partial charge >= 0.3 is 0 Å². The molecule has 8 aromatic carbocycles. The van der Waals surface area contributed by atoms with Gasteiger partial charge in [0.05, 0.1) is 16.7 Å². The standard InChI is InChI=1S/C57H37N5/c1-5-18-37(19-6-1)44-27-13-14-28-45(44)42-34-50(57-60-55(38-20-7-2-8-21-38)59-56(61-57)39-22-9-3-10-23-39)54(58-36-42)47-30-17-24-40-32-41-33-49-46-29-15-16-31-51(46)62(43-25-11-4-12-26-43)52(49)35-48(41)53(40)47/h1-31,33-36H,32H2. The summed E-state index contributed by atoms with van der Waals surface area (Å²) in [4.78, 5) is 21.1. The maximum absolute atomic E-state index is 5.45. The van der Waals surface area contributed by atoms with Crippen molar-refractivity contribution in [1.29, 1.82) is 0 Å². The number of benzene rings is 8. The van der Waals surface area contributed by atoms with Crippen molar-refractivity contribution in [2.24, 2.45) is 0 Å². The summed E-state index contributed by atoms with van der Waals surface area (Å²) in [6.45, 7) is 0. The van der Waals surface area contributed by atoms with Gasteiger partial charge < -0.3 is 4.57 Å². The maximum atomic E-state index is 5.45. The van der Waals surface area contributed by atoms with Crippen LogP contribution in [0.5, 0.6) is 0 Å². The van der Waals surface area contributed by atoms with E-state index in [0.29, 0.717) is 17.5 Å². The van der Waals surface area contributed by atoms with Crippen LogP contribution in [0.3, 0.4) is 0 Å². The molecule has 0 amide bonds. The third-order valence-electron chi connectivity index (χ3n) is 12.1. The van der Waals surface area contributed by atoms with Crippen molar-refractivity contribution in [2.75, 3.05) is 0 Å². The zero-order valence-electron chi connectivity index (χ0n) is 33.7. The van der Waals surface area contributed by atoms with E-state index in [0.717, 1.165) is 62.3 Å². The van der Waals surface area contributed by atoms with Crippen LogP contribution in [0.1, 0.15) is 11.1 Å². The fraction of sp³-hybridized carbons (Fsp3) is 0.0175. The average Bonchev–Trinajstić information content (AvgIpc) is 3.89. The van der Waals surface area contributed by atoms with Crippen molar-refractivity contribution in [2.45, 2.75) is 6.42 Å². The van der Waals surface area contributed by atoms with E-state index < -0.39 is 0 Å². The minimum absolute atomic E-state index is 0.565. The molecular formula is C57H37N5. The Balaban J connectivity index is 1.12. The van der Waals surface area contributed by atoms with Gasteiger partial charge in [-0.1, -0.05) is 170 Å². The number of para-hydroxylation sites is 2. The maximum Gasteiger partial charge on any atom is 0.166 e. The van der Waals surface area contributed by atoms with Crippen molar-refractivity contribution in [3.63, 3.8) is 0 Å². The van der Waals surface area contributed by atoms with Gasteiger partial charge in [0.25, 0.3) is 0 Å². The molecule has 62 heavy (non-hydrogen) atoms. The van der Waals surface area contributed by atoms with E-state index in [-0.39, 0.29) is 0 Å². The molecule has 0 aliphatic heterocycles. The number of pyridine rings is 1. The van der Waals surface area contributed by atoms with E-state index >= 15 is 0 Å². The monoisotopic (exact) mass is 791 g/mol. The number of aromatic nitrogens is 5. The van der Waals surface area contributed by atoms with Gasteiger partial charge in [0.1, 0.15) is 0 Å². The predicted octanol–water partition coefficient (Wildman–Crippen LogP) is 13.9. The summed E-state index contributed by atoms with van der Waals surface area (Å²) in [5, 5.41) is 2.50. The number of fused-ring (bicyclic) bond motifs is 6. The lowest BCUT2D eigenvalue weighted by Gasteiger charge is -2.17. The van der Waals surface area contributed by atoms with Crippen LogP contribution in [-0.2, 0) is 6.42 Å². The second-order valence-corrected chi connectivity index (χ2v) is 15.8. The van der Waals surface area contributed by atoms with E-state index in [1.54, 1.807) is 0 Å². The molecule has 5 heteroatoms. The molecule has 1 aliphatic rings. The molecule has 3 aromatic heterocycles. The minimum Gasteiger partial charge on any atom is -0.309 e. The van der Waals surface area contributed by atoms with Gasteiger partial charge in [0, 0.05) is 50.5 Å². The van der Waals surface area contributed by atoms with Crippen molar-refractivity contribution < 1.29 is 0 Å². The molecule has 0 N–H and O–H groups in total. The SMILES string of the molecule is c1ccc(-c2nc(-c3ccccc3)nc(-c3cc(-c4ccccc4-c4ccccc4)cnc3-c3cccc4c3-c3cc5c(cc3C4)c3ccccc3n5-c3ccccc3)n2)cc1. The molecule has 5 nitrogen and oxygen atoms in total. The van der Waals surface area contributed by atoms with Crippen LogP contribution in [0, 0.1) is 0 Å². The van der Waals surface area contributed by atoms with Crippen molar-refractivity contribution >= 4 is 21.8 Å². The second kappa shape index (κ2) is 14.8. The van der Waals surface area contributed by atoms with E-state index in [2.05, 4.69) is 174 Å². The number of hydrogen-bond acceptors (Lipinski definition) is 4. The molecule has 0 unspecified atom stereocenters. The zero-order valence-corrected chi connectivity index (χ0v) is 33.7. The lowest BCUT2D eigenvalue weighted by molar-refractivity contribution is 1.07. The van der Waals surface area contributed by atoms with Gasteiger partial charge in [0.15, 0.2) is 17.5 Å². The summed E-state index contributed by atoms with van der Waals surface area (Å²) >= 11 is 0. The van der Waals surface area contributed by atoms with Crippen molar-refractivity contribution in [3.8, 4) is 84.5 Å². The molecule has 11 aromatic rings. The van der Waals surface area contributed by atoms with Crippen LogP contribution in [-0.4, -0.2) is 24.5 Å². The Bertz CT molecular complexity index is 3410. The Morgan fingerprint density at radius 3 is 1.61 bits per heavy atom. The topological polar surface area (TPSA) is 56.5 Å². The fourth-order valence-corrected chi connectivity index (χ4v) is 9.29. The highest BCUT2D eigenvalue weighted by atomic mass is 15.0. The third-order valence-corrected chi connectivity index (χ3v) is 12.1. The minimum atomic E-state index is 0.565. The van der Waals surface area contributed by atoms with Crippen LogP contribution in [0.4, 0.5) is 0 Å². The molecule has 0 saturated carbocycles. The van der Waals surface area contributed by atoms with Gasteiger partial charge in [-0.15, -0.1) is 0 Å². The Morgan fingerprint density at radius 2 is 0.919 bits per heavy atom. The van der Waals surface area contributed by atoms with E-state index in [1.807, 2.05) is 42.6 Å². The molecule has 0 radical (unpaired) electrons. The average molecular weight is 792 g/mol. The highest BCUT2D eigenvalue weighted by molar-refractivity contribution is 6.12. The molecule has 1 aliphatic carbocycles. The molecule has 290 valence electrons. The lowest BCUT2D eigenvalue weighted by atomic mass is 9.91. The van der Waals surface area contributed by atoms with Gasteiger partial charge in [-0.25, -0.2) is 15.0 Å². The summed E-state index contributed by atoms with van der Waals surface area (Å²) < 4.78 is 2.40. The second-order valence-electron chi connectivity index (χ2n) is 15.8. The van der Waals surface area contributed by atoms with E-state index in [9.17, 15) is 0 Å². The van der Waals surface area contributed by atoms with Gasteiger partial charge in [-0.3, -0.25) is 4.98 Å². The molecule has 3 heterocycles. The first-order valence-corrected chi connectivity index (χ1v) is 21.0. The summed E-state index contributed by atoms with van der Waals surface area (Å²) in [7, 11) is 0. The highest BCUT2D eigenvalue weighted by Gasteiger charge is 2.28. The van der Waals surface area contributed by atoms with Gasteiger partial charge in [0.2, 0.25) is 0 Å². The fourth-order valence-electron chi connectivity index (χ4n) is 9.29. The number of hydrogen-bond donors (Lipinski definition) is 0. The summed E-state index contributed by atoms with van der Waals surface area (Å²) in [5.41, 5.74) is 17.4. The molecule has 0 fully saturated rings. The Hall–Kier alpha value is -8.28. The first-order valence-electron chi connectivity index (χ1n) is 21.0. The highest BCUT2D eigenvalue weighted by Crippen LogP contribution is 2.48. The summed E-state index contributed by atoms with van der Waals surface area (Å²) in [5.74, 6) is 1.78. The van der Waals surface area contributed by atoms with Crippen molar-refractivity contribution in [1.82, 2.24) is 24.5 Å². The van der Waals surface area contributed by atoms with E-state index in [1.165, 1.54) is 44.1 Å². The van der Waals surface area contributed by atoms with Crippen LogP contribution in [0.25, 0.3) is 106 Å². The lowest BCUT2D eigenvalue weighted by Crippen LogP contribution is -2.03. The number of nitrogens with zero attached hydrogens (tertiary/aromatic N) is 5. The van der Waals surface area contributed by atoms with Gasteiger partial charge in [-0.05, 0) is 81.8 Å². The van der Waals surface area contributed by atoms with E-state index in [4.69, 9.17) is 19.9 Å². The van der Waals surface area contributed by atoms with Crippen LogP contribution < -0.4 is 0 Å². The largest absolute Gasteiger partial charge is 0.309 e. The first kappa shape index (κ1) is 35.6. The molecule has 0 saturated heterocycles. The predicted molar refractivity (Wildman–Crippen MR) is 253 cm³/mol. The molecule has 0 spiro atoms. The normalized spacial score (nSPS) is 11.8. The first-order chi connectivity index (χ1) is 30.7. The molecule has 0 atom stereocenters. The zero-order chi connectivity index (χ0) is 41.0. The summed E-state index contributed by atoms with van der Waals surface area (Å²) in [6.07, 6.45) is 2.85. The van der Waals surface area contributed by atoms with Crippen LogP contribution >= 0.6 is 0 Å². The number of rotatable bonds is 7. The summed E-state index contributed by atoms with van der Waals surface area (Å²) in [6, 6.07) is 72.5. The molecular weight excluding hydrogens is 755 g/mol. The molecule has 0 bridgehead atoms.